The average molecular weight is 363 g/mol. The Hall–Kier alpha value is -3.04. The molecule has 0 radical (unpaired) electrons. The lowest BCUT2D eigenvalue weighted by Crippen LogP contribution is -2.30. The number of nitrogens with zero attached hydrogens (tertiary/aromatic N) is 2. The maximum atomic E-state index is 13.0. The second-order valence-corrected chi connectivity index (χ2v) is 7.15. The van der Waals surface area contributed by atoms with E-state index in [0.717, 1.165) is 11.1 Å². The maximum absolute atomic E-state index is 13.0. The zero-order valence-electron chi connectivity index (χ0n) is 14.2. The Kier molecular flexibility index (Phi) is 5.10. The highest BCUT2D eigenvalue weighted by Gasteiger charge is 2.40. The van der Waals surface area contributed by atoms with Crippen molar-refractivity contribution >= 4 is 29.3 Å². The largest absolute Gasteiger partial charge is 0.365 e. The quantitative estimate of drug-likeness (QED) is 0.668. The SMILES string of the molecule is Cc1ccc(C[C@@H]2S/C(=C(\C#N)C(N)=O)N(c3ccccc3)C2=O)cc1. The van der Waals surface area contributed by atoms with Crippen LogP contribution in [0.2, 0.25) is 0 Å². The molecule has 3 rings (SSSR count). The molecule has 0 aromatic heterocycles. The third-order valence-corrected chi connectivity index (χ3v) is 5.34. The lowest BCUT2D eigenvalue weighted by Gasteiger charge is -2.18. The van der Waals surface area contributed by atoms with Crippen LogP contribution in [-0.4, -0.2) is 17.1 Å². The van der Waals surface area contributed by atoms with Crippen molar-refractivity contribution < 1.29 is 9.59 Å². The van der Waals surface area contributed by atoms with Gasteiger partial charge >= 0.3 is 0 Å². The van der Waals surface area contributed by atoms with Gasteiger partial charge in [-0.1, -0.05) is 59.8 Å². The summed E-state index contributed by atoms with van der Waals surface area (Å²) in [4.78, 5) is 26.2. The van der Waals surface area contributed by atoms with E-state index in [-0.39, 0.29) is 11.5 Å². The van der Waals surface area contributed by atoms with E-state index in [2.05, 4.69) is 0 Å². The van der Waals surface area contributed by atoms with Crippen molar-refractivity contribution in [2.45, 2.75) is 18.6 Å². The molecule has 0 unspecified atom stereocenters. The lowest BCUT2D eigenvalue weighted by atomic mass is 10.1. The number of hydrogen-bond acceptors (Lipinski definition) is 4. The van der Waals surface area contributed by atoms with Crippen molar-refractivity contribution in [2.24, 2.45) is 5.73 Å². The first-order valence-corrected chi connectivity index (χ1v) is 8.94. The summed E-state index contributed by atoms with van der Waals surface area (Å²) in [5, 5.41) is 9.23. The van der Waals surface area contributed by atoms with Crippen molar-refractivity contribution in [1.29, 1.82) is 5.26 Å². The molecule has 0 aliphatic carbocycles. The van der Waals surface area contributed by atoms with Crippen molar-refractivity contribution in [2.75, 3.05) is 4.90 Å². The van der Waals surface area contributed by atoms with E-state index in [1.165, 1.54) is 16.7 Å². The molecule has 1 aliphatic heterocycles. The molecule has 2 aromatic rings. The Balaban J connectivity index is 2.00. The van der Waals surface area contributed by atoms with Crippen LogP contribution in [0.5, 0.6) is 0 Å². The number of amides is 2. The van der Waals surface area contributed by atoms with E-state index >= 15 is 0 Å². The maximum Gasteiger partial charge on any atom is 0.262 e. The van der Waals surface area contributed by atoms with Crippen LogP contribution in [0.25, 0.3) is 0 Å². The van der Waals surface area contributed by atoms with Gasteiger partial charge in [-0.15, -0.1) is 0 Å². The van der Waals surface area contributed by atoms with Crippen LogP contribution in [0, 0.1) is 18.3 Å². The van der Waals surface area contributed by atoms with Crippen molar-refractivity contribution in [3.05, 3.63) is 76.3 Å². The third kappa shape index (κ3) is 3.48. The number of anilines is 1. The molecule has 1 heterocycles. The van der Waals surface area contributed by atoms with E-state index in [4.69, 9.17) is 5.73 Å². The number of nitrogens with two attached hydrogens (primary N) is 1. The Morgan fingerprint density at radius 2 is 1.85 bits per heavy atom. The van der Waals surface area contributed by atoms with Gasteiger partial charge in [0, 0.05) is 5.69 Å². The van der Waals surface area contributed by atoms with Crippen molar-refractivity contribution in [1.82, 2.24) is 0 Å². The summed E-state index contributed by atoms with van der Waals surface area (Å²) >= 11 is 1.21. The molecule has 5 nitrogen and oxygen atoms in total. The smallest absolute Gasteiger partial charge is 0.262 e. The van der Waals surface area contributed by atoms with E-state index in [1.807, 2.05) is 43.3 Å². The van der Waals surface area contributed by atoms with Crippen molar-refractivity contribution in [3.63, 3.8) is 0 Å². The highest BCUT2D eigenvalue weighted by molar-refractivity contribution is 8.05. The van der Waals surface area contributed by atoms with E-state index in [0.29, 0.717) is 17.1 Å². The number of aryl methyl sites for hydroxylation is 1. The second-order valence-electron chi connectivity index (χ2n) is 5.96. The molecule has 1 fully saturated rings. The molecule has 0 spiro atoms. The number of rotatable bonds is 4. The van der Waals surface area contributed by atoms with Crippen LogP contribution in [-0.2, 0) is 16.0 Å². The van der Waals surface area contributed by atoms with Crippen LogP contribution >= 0.6 is 11.8 Å². The predicted molar refractivity (Wildman–Crippen MR) is 102 cm³/mol. The predicted octanol–water partition coefficient (Wildman–Crippen LogP) is 2.91. The van der Waals surface area contributed by atoms with Gasteiger partial charge in [-0.25, -0.2) is 0 Å². The molecule has 2 aromatic carbocycles. The molecule has 2 amide bonds. The minimum Gasteiger partial charge on any atom is -0.365 e. The Morgan fingerprint density at radius 1 is 1.19 bits per heavy atom. The molecular weight excluding hydrogens is 346 g/mol. The van der Waals surface area contributed by atoms with Crippen LogP contribution in [0.4, 0.5) is 5.69 Å². The molecule has 1 saturated heterocycles. The molecule has 1 atom stereocenters. The summed E-state index contributed by atoms with van der Waals surface area (Å²) in [7, 11) is 0. The number of nitriles is 1. The van der Waals surface area contributed by atoms with Gasteiger partial charge in [0.25, 0.3) is 5.91 Å². The van der Waals surface area contributed by atoms with Gasteiger partial charge in [0.05, 0.1) is 5.25 Å². The fraction of sp³-hybridized carbons (Fsp3) is 0.150. The Bertz CT molecular complexity index is 914. The molecule has 6 heteroatoms. The zero-order valence-corrected chi connectivity index (χ0v) is 15.0. The minimum atomic E-state index is -0.834. The highest BCUT2D eigenvalue weighted by Crippen LogP contribution is 2.41. The van der Waals surface area contributed by atoms with Crippen LogP contribution in [0.1, 0.15) is 11.1 Å². The molecule has 1 aliphatic rings. The molecule has 0 bridgehead atoms. The average Bonchev–Trinajstić information content (AvgIpc) is 2.94. The zero-order chi connectivity index (χ0) is 18.7. The van der Waals surface area contributed by atoms with Crippen LogP contribution in [0.15, 0.2) is 65.2 Å². The summed E-state index contributed by atoms with van der Waals surface area (Å²) in [6, 6.07) is 18.8. The van der Waals surface area contributed by atoms with Gasteiger partial charge in [0.2, 0.25) is 5.91 Å². The number of carbonyl (C=O) groups is 2. The number of thioether (sulfide) groups is 1. The molecule has 0 saturated carbocycles. The monoisotopic (exact) mass is 363 g/mol. The van der Waals surface area contributed by atoms with Crippen LogP contribution < -0.4 is 10.6 Å². The Labute approximate surface area is 156 Å². The first-order chi connectivity index (χ1) is 12.5. The van der Waals surface area contributed by atoms with E-state index < -0.39 is 11.2 Å². The minimum absolute atomic E-state index is 0.161. The molecule has 130 valence electrons. The fourth-order valence-corrected chi connectivity index (χ4v) is 4.07. The number of benzene rings is 2. The topological polar surface area (TPSA) is 87.2 Å². The summed E-state index contributed by atoms with van der Waals surface area (Å²) in [5.74, 6) is -0.995. The first kappa shape index (κ1) is 17.8. The normalized spacial score (nSPS) is 18.5. The summed E-state index contributed by atoms with van der Waals surface area (Å²) in [5.41, 5.74) is 7.94. The fourth-order valence-electron chi connectivity index (χ4n) is 2.75. The first-order valence-electron chi connectivity index (χ1n) is 8.06. The van der Waals surface area contributed by atoms with Gasteiger partial charge in [-0.2, -0.15) is 5.26 Å². The summed E-state index contributed by atoms with van der Waals surface area (Å²) in [6.07, 6.45) is 0.508. The van der Waals surface area contributed by atoms with Gasteiger partial charge in [0.15, 0.2) is 0 Å². The number of carbonyl (C=O) groups excluding carboxylic acids is 2. The lowest BCUT2D eigenvalue weighted by molar-refractivity contribution is -0.117. The summed E-state index contributed by atoms with van der Waals surface area (Å²) in [6.45, 7) is 2.00. The molecule has 2 N–H and O–H groups in total. The number of primary amides is 1. The van der Waals surface area contributed by atoms with Gasteiger partial charge in [0.1, 0.15) is 16.7 Å². The molecular formula is C20H17N3O2S. The van der Waals surface area contributed by atoms with Gasteiger partial charge < -0.3 is 5.73 Å². The standard InChI is InChI=1S/C20H17N3O2S/c1-13-7-9-14(10-8-13)11-17-19(25)23(15-5-3-2-4-6-15)20(26-17)16(12-21)18(22)24/h2-10,17H,11H2,1H3,(H2,22,24)/b20-16+/t17-/m0/s1. The molecule has 26 heavy (non-hydrogen) atoms. The van der Waals surface area contributed by atoms with E-state index in [9.17, 15) is 14.9 Å². The number of hydrogen-bond donors (Lipinski definition) is 1. The van der Waals surface area contributed by atoms with Crippen LogP contribution in [0.3, 0.4) is 0 Å². The van der Waals surface area contributed by atoms with Gasteiger partial charge in [-0.3, -0.25) is 14.5 Å². The van der Waals surface area contributed by atoms with E-state index in [1.54, 1.807) is 24.3 Å². The van der Waals surface area contributed by atoms with Gasteiger partial charge in [-0.05, 0) is 31.0 Å². The third-order valence-electron chi connectivity index (χ3n) is 4.08. The van der Waals surface area contributed by atoms with Crippen molar-refractivity contribution in [3.8, 4) is 6.07 Å². The second kappa shape index (κ2) is 7.46. The summed E-state index contributed by atoms with van der Waals surface area (Å²) < 4.78 is 0. The highest BCUT2D eigenvalue weighted by atomic mass is 32.2. The Morgan fingerprint density at radius 3 is 2.42 bits per heavy atom. The number of para-hydroxylation sites is 1.